The fourth-order valence-corrected chi connectivity index (χ4v) is 2.71. The lowest BCUT2D eigenvalue weighted by Gasteiger charge is -2.05. The molecule has 0 spiro atoms. The Balaban J connectivity index is 2.28. The molecule has 0 aliphatic heterocycles. The first kappa shape index (κ1) is 14.1. The molecule has 0 radical (unpaired) electrons. The Morgan fingerprint density at radius 2 is 2.14 bits per heavy atom. The highest BCUT2D eigenvalue weighted by atomic mass is 35.5. The van der Waals surface area contributed by atoms with Crippen molar-refractivity contribution in [1.82, 2.24) is 9.55 Å². The number of rotatable bonds is 2. The molecule has 108 valence electrons. The maximum absolute atomic E-state index is 11.1. The van der Waals surface area contributed by atoms with Gasteiger partial charge in [0, 0.05) is 29.2 Å². The van der Waals surface area contributed by atoms with Gasteiger partial charge < -0.3 is 10.3 Å². The summed E-state index contributed by atoms with van der Waals surface area (Å²) in [5.74, 6) is -0.587. The van der Waals surface area contributed by atoms with Crippen molar-refractivity contribution < 1.29 is 4.79 Å². The van der Waals surface area contributed by atoms with Crippen molar-refractivity contribution in [2.45, 2.75) is 0 Å². The number of benzene rings is 1. The molecule has 1 aromatic carbocycles. The number of primary amides is 1. The van der Waals surface area contributed by atoms with Crippen molar-refractivity contribution in [2.75, 3.05) is 0 Å². The van der Waals surface area contributed by atoms with Crippen LogP contribution in [0.4, 0.5) is 0 Å². The summed E-state index contributed by atoms with van der Waals surface area (Å²) in [6, 6.07) is 10.9. The minimum absolute atomic E-state index is 0.184. The first-order valence-electron chi connectivity index (χ1n) is 6.47. The smallest absolute Gasteiger partial charge is 0.267 e. The number of nitrogens with zero attached hydrogens (tertiary/aromatic N) is 3. The summed E-state index contributed by atoms with van der Waals surface area (Å²) in [5, 5.41) is 10.9. The van der Waals surface area contributed by atoms with Gasteiger partial charge in [0.05, 0.1) is 16.8 Å². The third-order valence-electron chi connectivity index (χ3n) is 3.56. The summed E-state index contributed by atoms with van der Waals surface area (Å²) in [6.07, 6.45) is 1.54. The minimum Gasteiger partial charge on any atom is -0.364 e. The molecule has 1 amide bonds. The van der Waals surface area contributed by atoms with Gasteiger partial charge in [-0.15, -0.1) is 0 Å². The predicted octanol–water partition coefficient (Wildman–Crippen LogP) is 2.86. The van der Waals surface area contributed by atoms with Gasteiger partial charge in [-0.05, 0) is 30.3 Å². The van der Waals surface area contributed by atoms with E-state index in [4.69, 9.17) is 17.3 Å². The van der Waals surface area contributed by atoms with Crippen LogP contribution in [0.15, 0.2) is 36.5 Å². The van der Waals surface area contributed by atoms with Gasteiger partial charge in [-0.3, -0.25) is 9.78 Å². The van der Waals surface area contributed by atoms with E-state index in [2.05, 4.69) is 11.1 Å². The summed E-state index contributed by atoms with van der Waals surface area (Å²) in [7, 11) is 1.86. The fraction of sp³-hybridized carbons (Fsp3) is 0.0625. The zero-order chi connectivity index (χ0) is 15.9. The number of pyridine rings is 1. The molecular formula is C16H11ClN4O. The largest absolute Gasteiger partial charge is 0.364 e. The SMILES string of the molecule is Cn1c(-c2ccc(C(N)=O)nc2)c(C#N)c2ccc(Cl)cc21. The highest BCUT2D eigenvalue weighted by Crippen LogP contribution is 2.33. The quantitative estimate of drug-likeness (QED) is 0.789. The Hall–Kier alpha value is -2.84. The number of amides is 1. The molecule has 0 aliphatic carbocycles. The number of aromatic nitrogens is 2. The first-order chi connectivity index (χ1) is 10.5. The van der Waals surface area contributed by atoms with Crippen LogP contribution in [0.5, 0.6) is 0 Å². The molecule has 3 rings (SSSR count). The average Bonchev–Trinajstić information content (AvgIpc) is 2.79. The number of nitrogens with two attached hydrogens (primary N) is 1. The maximum atomic E-state index is 11.1. The van der Waals surface area contributed by atoms with Gasteiger partial charge in [0.1, 0.15) is 11.8 Å². The second-order valence-corrected chi connectivity index (χ2v) is 5.29. The van der Waals surface area contributed by atoms with E-state index in [1.54, 1.807) is 18.2 Å². The number of fused-ring (bicyclic) bond motifs is 1. The van der Waals surface area contributed by atoms with E-state index in [0.717, 1.165) is 22.2 Å². The van der Waals surface area contributed by atoms with Crippen LogP contribution in [-0.2, 0) is 7.05 Å². The van der Waals surface area contributed by atoms with Crippen LogP contribution in [-0.4, -0.2) is 15.5 Å². The first-order valence-corrected chi connectivity index (χ1v) is 6.85. The topological polar surface area (TPSA) is 84.7 Å². The van der Waals surface area contributed by atoms with Crippen molar-refractivity contribution in [3.8, 4) is 17.3 Å². The van der Waals surface area contributed by atoms with E-state index >= 15 is 0 Å². The zero-order valence-electron chi connectivity index (χ0n) is 11.7. The molecule has 0 aliphatic rings. The molecule has 0 unspecified atom stereocenters. The van der Waals surface area contributed by atoms with Crippen molar-refractivity contribution >= 4 is 28.4 Å². The number of hydrogen-bond acceptors (Lipinski definition) is 3. The standard InChI is InChI=1S/C16H11ClN4O/c1-21-14-6-10(17)3-4-11(14)12(7-18)15(21)9-2-5-13(16(19)22)20-8-9/h2-6,8H,1H3,(H2,19,22). The van der Waals surface area contributed by atoms with E-state index in [1.807, 2.05) is 23.7 Å². The van der Waals surface area contributed by atoms with E-state index in [1.165, 1.54) is 6.20 Å². The molecule has 0 saturated carbocycles. The molecule has 5 nitrogen and oxygen atoms in total. The summed E-state index contributed by atoms with van der Waals surface area (Å²) in [5.41, 5.74) is 8.24. The van der Waals surface area contributed by atoms with Gasteiger partial charge in [-0.25, -0.2) is 0 Å². The van der Waals surface area contributed by atoms with Crippen LogP contribution in [0.3, 0.4) is 0 Å². The molecule has 3 aromatic rings. The third-order valence-corrected chi connectivity index (χ3v) is 3.80. The van der Waals surface area contributed by atoms with Crippen LogP contribution < -0.4 is 5.73 Å². The molecule has 22 heavy (non-hydrogen) atoms. The van der Waals surface area contributed by atoms with E-state index in [9.17, 15) is 10.1 Å². The Morgan fingerprint density at radius 1 is 1.36 bits per heavy atom. The number of carbonyl (C=O) groups is 1. The molecule has 0 bridgehead atoms. The van der Waals surface area contributed by atoms with Crippen molar-refractivity contribution in [2.24, 2.45) is 12.8 Å². The molecule has 0 atom stereocenters. The molecule has 2 heterocycles. The maximum Gasteiger partial charge on any atom is 0.267 e. The monoisotopic (exact) mass is 310 g/mol. The molecule has 0 fully saturated rings. The number of carbonyl (C=O) groups excluding carboxylic acids is 1. The fourth-order valence-electron chi connectivity index (χ4n) is 2.54. The molecule has 2 N–H and O–H groups in total. The van der Waals surface area contributed by atoms with Gasteiger partial charge in [0.25, 0.3) is 5.91 Å². The van der Waals surface area contributed by atoms with Crippen LogP contribution >= 0.6 is 11.6 Å². The highest BCUT2D eigenvalue weighted by molar-refractivity contribution is 6.31. The number of halogens is 1. The van der Waals surface area contributed by atoms with Gasteiger partial charge in [-0.1, -0.05) is 11.6 Å². The highest BCUT2D eigenvalue weighted by Gasteiger charge is 2.17. The molecular weight excluding hydrogens is 300 g/mol. The number of hydrogen-bond donors (Lipinski definition) is 1. The van der Waals surface area contributed by atoms with Gasteiger partial charge >= 0.3 is 0 Å². The Labute approximate surface area is 131 Å². The molecule has 6 heteroatoms. The van der Waals surface area contributed by atoms with Crippen molar-refractivity contribution in [3.05, 3.63) is 52.8 Å². The lowest BCUT2D eigenvalue weighted by atomic mass is 10.1. The predicted molar refractivity (Wildman–Crippen MR) is 84.4 cm³/mol. The normalized spacial score (nSPS) is 10.6. The summed E-state index contributed by atoms with van der Waals surface area (Å²) >= 11 is 6.04. The van der Waals surface area contributed by atoms with E-state index in [0.29, 0.717) is 10.6 Å². The summed E-state index contributed by atoms with van der Waals surface area (Å²) in [6.45, 7) is 0. The summed E-state index contributed by atoms with van der Waals surface area (Å²) < 4.78 is 1.89. The van der Waals surface area contributed by atoms with E-state index in [-0.39, 0.29) is 5.69 Å². The second kappa shape index (κ2) is 5.17. The van der Waals surface area contributed by atoms with Crippen LogP contribution in [0.25, 0.3) is 22.2 Å². The third kappa shape index (κ3) is 2.10. The van der Waals surface area contributed by atoms with E-state index < -0.39 is 5.91 Å². The van der Waals surface area contributed by atoms with Gasteiger partial charge in [0.2, 0.25) is 0 Å². The number of nitriles is 1. The van der Waals surface area contributed by atoms with Crippen LogP contribution in [0.1, 0.15) is 16.1 Å². The second-order valence-electron chi connectivity index (χ2n) is 4.85. The van der Waals surface area contributed by atoms with Crippen LogP contribution in [0, 0.1) is 11.3 Å². The zero-order valence-corrected chi connectivity index (χ0v) is 12.4. The van der Waals surface area contributed by atoms with Crippen molar-refractivity contribution in [3.63, 3.8) is 0 Å². The van der Waals surface area contributed by atoms with Crippen molar-refractivity contribution in [1.29, 1.82) is 5.26 Å². The Bertz CT molecular complexity index is 935. The molecule has 0 saturated heterocycles. The van der Waals surface area contributed by atoms with Crippen LogP contribution in [0.2, 0.25) is 5.02 Å². The summed E-state index contributed by atoms with van der Waals surface area (Å²) in [4.78, 5) is 15.1. The lowest BCUT2D eigenvalue weighted by Crippen LogP contribution is -2.12. The van der Waals surface area contributed by atoms with Gasteiger partial charge in [-0.2, -0.15) is 5.26 Å². The Kier molecular flexibility index (Phi) is 3.32. The lowest BCUT2D eigenvalue weighted by molar-refractivity contribution is 0.0995. The Morgan fingerprint density at radius 3 is 2.73 bits per heavy atom. The molecule has 2 aromatic heterocycles. The minimum atomic E-state index is -0.587. The number of aryl methyl sites for hydroxylation is 1. The van der Waals surface area contributed by atoms with Gasteiger partial charge in [0.15, 0.2) is 0 Å². The average molecular weight is 311 g/mol.